The van der Waals surface area contributed by atoms with Crippen LogP contribution < -0.4 is 10.6 Å². The van der Waals surface area contributed by atoms with Crippen LogP contribution >= 0.6 is 0 Å². The molecular formula is C13H17FN4. The van der Waals surface area contributed by atoms with Gasteiger partial charge in [0.25, 0.3) is 0 Å². The molecule has 18 heavy (non-hydrogen) atoms. The Morgan fingerprint density at radius 1 is 1.28 bits per heavy atom. The molecule has 0 amide bonds. The van der Waals surface area contributed by atoms with Crippen molar-refractivity contribution in [3.8, 4) is 0 Å². The van der Waals surface area contributed by atoms with Gasteiger partial charge in [-0.25, -0.2) is 9.37 Å². The van der Waals surface area contributed by atoms with E-state index in [2.05, 4.69) is 20.6 Å². The fraction of sp³-hybridized carbons (Fsp3) is 0.462. The topological polar surface area (TPSA) is 52.7 Å². The molecular weight excluding hydrogens is 231 g/mol. The lowest BCUT2D eigenvalue weighted by Gasteiger charge is -2.14. The van der Waals surface area contributed by atoms with Crippen LogP contribution in [0, 0.1) is 5.82 Å². The van der Waals surface area contributed by atoms with E-state index in [4.69, 9.17) is 0 Å². The average molecular weight is 248 g/mol. The van der Waals surface area contributed by atoms with E-state index in [1.165, 1.54) is 18.6 Å². The molecule has 0 aliphatic carbocycles. The third-order valence-electron chi connectivity index (χ3n) is 3.36. The molecule has 1 fully saturated rings. The molecule has 0 spiro atoms. The van der Waals surface area contributed by atoms with Gasteiger partial charge in [0.1, 0.15) is 5.82 Å². The molecule has 2 aromatic rings. The van der Waals surface area contributed by atoms with Crippen molar-refractivity contribution in [3.63, 3.8) is 0 Å². The molecule has 1 aliphatic rings. The maximum atomic E-state index is 13.1. The third-order valence-corrected chi connectivity index (χ3v) is 3.36. The Bertz CT molecular complexity index is 529. The second-order valence-electron chi connectivity index (χ2n) is 4.77. The van der Waals surface area contributed by atoms with E-state index in [0.717, 1.165) is 42.9 Å². The summed E-state index contributed by atoms with van der Waals surface area (Å²) < 4.78 is 13.1. The Labute approximate surface area is 105 Å². The van der Waals surface area contributed by atoms with Crippen molar-refractivity contribution in [1.82, 2.24) is 15.3 Å². The molecule has 1 aromatic carbocycles. The summed E-state index contributed by atoms with van der Waals surface area (Å²) in [5.41, 5.74) is 1.54. The zero-order valence-electron chi connectivity index (χ0n) is 10.2. The smallest absolute Gasteiger partial charge is 0.201 e. The Morgan fingerprint density at radius 3 is 3.17 bits per heavy atom. The number of fused-ring (bicyclic) bond motifs is 1. The van der Waals surface area contributed by atoms with Crippen molar-refractivity contribution in [2.75, 3.05) is 18.4 Å². The number of aromatic nitrogens is 2. The molecule has 4 nitrogen and oxygen atoms in total. The molecule has 0 radical (unpaired) electrons. The van der Waals surface area contributed by atoms with E-state index >= 15 is 0 Å². The fourth-order valence-electron chi connectivity index (χ4n) is 2.41. The highest BCUT2D eigenvalue weighted by Gasteiger charge is 2.13. The molecule has 1 aliphatic heterocycles. The van der Waals surface area contributed by atoms with Crippen LogP contribution in [0.3, 0.4) is 0 Å². The minimum atomic E-state index is -0.239. The molecule has 5 heteroatoms. The number of halogens is 1. The van der Waals surface area contributed by atoms with Gasteiger partial charge in [0.05, 0.1) is 11.0 Å². The first-order valence-electron chi connectivity index (χ1n) is 6.44. The van der Waals surface area contributed by atoms with Crippen LogP contribution in [-0.4, -0.2) is 29.1 Å². The maximum Gasteiger partial charge on any atom is 0.201 e. The highest BCUT2D eigenvalue weighted by atomic mass is 19.1. The number of hydrogen-bond acceptors (Lipinski definition) is 3. The number of nitrogens with zero attached hydrogens (tertiary/aromatic N) is 1. The fourth-order valence-corrected chi connectivity index (χ4v) is 2.41. The van der Waals surface area contributed by atoms with Gasteiger partial charge in [-0.1, -0.05) is 0 Å². The van der Waals surface area contributed by atoms with Crippen LogP contribution in [0.2, 0.25) is 0 Å². The van der Waals surface area contributed by atoms with Gasteiger partial charge in [-0.2, -0.15) is 0 Å². The number of imidazole rings is 1. The second kappa shape index (κ2) is 4.94. The summed E-state index contributed by atoms with van der Waals surface area (Å²) in [6.45, 7) is 2.12. The Balaban J connectivity index is 1.77. The van der Waals surface area contributed by atoms with Crippen LogP contribution in [-0.2, 0) is 0 Å². The lowest BCUT2D eigenvalue weighted by molar-refractivity contribution is 0.629. The van der Waals surface area contributed by atoms with E-state index in [0.29, 0.717) is 6.04 Å². The molecule has 1 atom stereocenters. The zero-order valence-corrected chi connectivity index (χ0v) is 10.2. The van der Waals surface area contributed by atoms with Gasteiger partial charge in [0.15, 0.2) is 0 Å². The number of anilines is 1. The minimum absolute atomic E-state index is 0.239. The molecule has 96 valence electrons. The lowest BCUT2D eigenvalue weighted by Crippen LogP contribution is -2.22. The molecule has 2 heterocycles. The monoisotopic (exact) mass is 248 g/mol. The first kappa shape index (κ1) is 11.5. The van der Waals surface area contributed by atoms with E-state index in [1.54, 1.807) is 6.07 Å². The SMILES string of the molecule is Fc1ccc2nc(NC3CCCNCC3)[nH]c2c1. The number of H-pyrrole nitrogens is 1. The largest absolute Gasteiger partial charge is 0.353 e. The van der Waals surface area contributed by atoms with Crippen molar-refractivity contribution in [3.05, 3.63) is 24.0 Å². The summed E-state index contributed by atoms with van der Waals surface area (Å²) >= 11 is 0. The van der Waals surface area contributed by atoms with Crippen molar-refractivity contribution in [2.24, 2.45) is 0 Å². The number of nitrogens with one attached hydrogen (secondary N) is 3. The number of hydrogen-bond donors (Lipinski definition) is 3. The van der Waals surface area contributed by atoms with E-state index in [-0.39, 0.29) is 5.82 Å². The van der Waals surface area contributed by atoms with E-state index < -0.39 is 0 Å². The minimum Gasteiger partial charge on any atom is -0.353 e. The number of rotatable bonds is 2. The van der Waals surface area contributed by atoms with Gasteiger partial charge in [0, 0.05) is 6.04 Å². The Hall–Kier alpha value is -1.62. The molecule has 1 aromatic heterocycles. The molecule has 3 N–H and O–H groups in total. The van der Waals surface area contributed by atoms with Crippen molar-refractivity contribution >= 4 is 17.0 Å². The predicted octanol–water partition coefficient (Wildman–Crippen LogP) is 2.26. The highest BCUT2D eigenvalue weighted by molar-refractivity contribution is 5.77. The predicted molar refractivity (Wildman–Crippen MR) is 70.2 cm³/mol. The highest BCUT2D eigenvalue weighted by Crippen LogP contribution is 2.17. The maximum absolute atomic E-state index is 13.1. The molecule has 1 saturated heterocycles. The van der Waals surface area contributed by atoms with Gasteiger partial charge in [-0.3, -0.25) is 0 Å². The first-order chi connectivity index (χ1) is 8.81. The van der Waals surface area contributed by atoms with Crippen molar-refractivity contribution < 1.29 is 4.39 Å². The van der Waals surface area contributed by atoms with Crippen LogP contribution in [0.1, 0.15) is 19.3 Å². The van der Waals surface area contributed by atoms with Gasteiger partial charge >= 0.3 is 0 Å². The second-order valence-corrected chi connectivity index (χ2v) is 4.77. The number of benzene rings is 1. The van der Waals surface area contributed by atoms with Crippen molar-refractivity contribution in [1.29, 1.82) is 0 Å². The zero-order chi connectivity index (χ0) is 12.4. The average Bonchev–Trinajstić information content (AvgIpc) is 2.57. The van der Waals surface area contributed by atoms with E-state index in [9.17, 15) is 4.39 Å². The quantitative estimate of drug-likeness (QED) is 0.764. The summed E-state index contributed by atoms with van der Waals surface area (Å²) in [4.78, 5) is 7.55. The lowest BCUT2D eigenvalue weighted by atomic mass is 10.1. The van der Waals surface area contributed by atoms with Crippen molar-refractivity contribution in [2.45, 2.75) is 25.3 Å². The molecule has 0 saturated carbocycles. The molecule has 1 unspecified atom stereocenters. The van der Waals surface area contributed by atoms with Gasteiger partial charge < -0.3 is 15.6 Å². The van der Waals surface area contributed by atoms with Gasteiger partial charge in [0.2, 0.25) is 5.95 Å². The summed E-state index contributed by atoms with van der Waals surface area (Å²) in [5, 5.41) is 6.78. The first-order valence-corrected chi connectivity index (χ1v) is 6.44. The summed E-state index contributed by atoms with van der Waals surface area (Å²) in [7, 11) is 0. The molecule has 3 rings (SSSR count). The van der Waals surface area contributed by atoms with Crippen LogP contribution in [0.15, 0.2) is 18.2 Å². The number of aromatic amines is 1. The Kier molecular flexibility index (Phi) is 3.15. The van der Waals surface area contributed by atoms with Crippen LogP contribution in [0.25, 0.3) is 11.0 Å². The van der Waals surface area contributed by atoms with Gasteiger partial charge in [-0.15, -0.1) is 0 Å². The van der Waals surface area contributed by atoms with E-state index in [1.807, 2.05) is 0 Å². The summed E-state index contributed by atoms with van der Waals surface area (Å²) in [6, 6.07) is 5.04. The van der Waals surface area contributed by atoms with Crippen LogP contribution in [0.4, 0.5) is 10.3 Å². The van der Waals surface area contributed by atoms with Gasteiger partial charge in [-0.05, 0) is 50.6 Å². The van der Waals surface area contributed by atoms with Crippen LogP contribution in [0.5, 0.6) is 0 Å². The summed E-state index contributed by atoms with van der Waals surface area (Å²) in [5.74, 6) is 0.499. The Morgan fingerprint density at radius 2 is 2.22 bits per heavy atom. The third kappa shape index (κ3) is 2.46. The summed E-state index contributed by atoms with van der Waals surface area (Å²) in [6.07, 6.45) is 3.40. The standard InChI is InChI=1S/C13H17FN4/c14-9-3-4-11-12(8-9)18-13(17-11)16-10-2-1-6-15-7-5-10/h3-4,8,10,15H,1-2,5-7H2,(H2,16,17,18). The normalized spacial score (nSPS) is 20.8. The molecule has 0 bridgehead atoms.